The molecule has 0 aromatic carbocycles. The van der Waals surface area contributed by atoms with E-state index in [0.717, 1.165) is 6.42 Å². The number of carboxylic acid groups (broad SMARTS) is 1. The first-order chi connectivity index (χ1) is 8.51. The number of carbonyl (C=O) groups excluding carboxylic acids is 2. The predicted octanol–water partition coefficient (Wildman–Crippen LogP) is 0.0818. The van der Waals surface area contributed by atoms with Gasteiger partial charge in [-0.25, -0.2) is 0 Å². The molecule has 1 aliphatic carbocycles. The summed E-state index contributed by atoms with van der Waals surface area (Å²) < 4.78 is 0. The smallest absolute Gasteiger partial charge is 0.307 e. The first kappa shape index (κ1) is 14.5. The standard InChI is InChI=1S/C12H20N2O4/c1-3-14(7-10(15)13-2)11(16)8-5-4-6-9(8)12(17)18/h8-9H,3-7H2,1-2H3,(H,13,15)(H,17,18). The van der Waals surface area contributed by atoms with Crippen LogP contribution in [0.25, 0.3) is 0 Å². The van der Waals surface area contributed by atoms with Gasteiger partial charge < -0.3 is 15.3 Å². The fourth-order valence-electron chi connectivity index (χ4n) is 2.38. The molecule has 0 aliphatic heterocycles. The van der Waals surface area contributed by atoms with Crippen molar-refractivity contribution in [2.75, 3.05) is 20.1 Å². The van der Waals surface area contributed by atoms with Gasteiger partial charge in [0, 0.05) is 13.6 Å². The lowest BCUT2D eigenvalue weighted by Crippen LogP contribution is -2.44. The maximum atomic E-state index is 12.2. The molecular formula is C12H20N2O4. The van der Waals surface area contributed by atoms with E-state index in [1.807, 2.05) is 0 Å². The Balaban J connectivity index is 2.71. The van der Waals surface area contributed by atoms with Crippen molar-refractivity contribution in [1.82, 2.24) is 10.2 Å². The third-order valence-corrected chi connectivity index (χ3v) is 3.46. The number of carboxylic acids is 1. The maximum absolute atomic E-state index is 12.2. The highest BCUT2D eigenvalue weighted by Crippen LogP contribution is 2.33. The second kappa shape index (κ2) is 6.37. The Labute approximate surface area is 106 Å². The molecule has 1 fully saturated rings. The first-order valence-corrected chi connectivity index (χ1v) is 6.23. The SMILES string of the molecule is CCN(CC(=O)NC)C(=O)C1CCCC1C(=O)O. The van der Waals surface area contributed by atoms with E-state index in [2.05, 4.69) is 5.32 Å². The van der Waals surface area contributed by atoms with Crippen LogP contribution in [0.2, 0.25) is 0 Å². The molecule has 6 heteroatoms. The van der Waals surface area contributed by atoms with Crippen LogP contribution in [-0.4, -0.2) is 47.9 Å². The fourth-order valence-corrected chi connectivity index (χ4v) is 2.38. The van der Waals surface area contributed by atoms with Crippen LogP contribution in [0, 0.1) is 11.8 Å². The van der Waals surface area contributed by atoms with Crippen molar-refractivity contribution in [2.45, 2.75) is 26.2 Å². The summed E-state index contributed by atoms with van der Waals surface area (Å²) in [7, 11) is 1.51. The summed E-state index contributed by atoms with van der Waals surface area (Å²) in [6, 6.07) is 0. The molecule has 2 unspecified atom stereocenters. The van der Waals surface area contributed by atoms with E-state index < -0.39 is 17.8 Å². The molecule has 0 saturated heterocycles. The van der Waals surface area contributed by atoms with E-state index in [-0.39, 0.29) is 18.4 Å². The zero-order valence-corrected chi connectivity index (χ0v) is 10.8. The lowest BCUT2D eigenvalue weighted by atomic mass is 9.94. The Morgan fingerprint density at radius 1 is 1.28 bits per heavy atom. The van der Waals surface area contributed by atoms with E-state index in [9.17, 15) is 14.4 Å². The van der Waals surface area contributed by atoms with E-state index in [4.69, 9.17) is 5.11 Å². The van der Waals surface area contributed by atoms with E-state index in [0.29, 0.717) is 19.4 Å². The van der Waals surface area contributed by atoms with Crippen molar-refractivity contribution < 1.29 is 19.5 Å². The van der Waals surface area contributed by atoms with E-state index in [1.54, 1.807) is 6.92 Å². The molecule has 1 rings (SSSR count). The molecule has 18 heavy (non-hydrogen) atoms. The monoisotopic (exact) mass is 256 g/mol. The van der Waals surface area contributed by atoms with Crippen LogP contribution in [0.15, 0.2) is 0 Å². The third-order valence-electron chi connectivity index (χ3n) is 3.46. The Kier molecular flexibility index (Phi) is 5.12. The summed E-state index contributed by atoms with van der Waals surface area (Å²) in [4.78, 5) is 36.0. The van der Waals surface area contributed by atoms with Crippen LogP contribution in [0.4, 0.5) is 0 Å². The van der Waals surface area contributed by atoms with Crippen LogP contribution < -0.4 is 5.32 Å². The number of nitrogens with one attached hydrogen (secondary N) is 1. The minimum atomic E-state index is -0.915. The maximum Gasteiger partial charge on any atom is 0.307 e. The first-order valence-electron chi connectivity index (χ1n) is 6.23. The van der Waals surface area contributed by atoms with E-state index >= 15 is 0 Å². The molecule has 0 spiro atoms. The van der Waals surface area contributed by atoms with Crippen LogP contribution in [0.5, 0.6) is 0 Å². The van der Waals surface area contributed by atoms with Gasteiger partial charge in [-0.1, -0.05) is 6.42 Å². The van der Waals surface area contributed by atoms with Gasteiger partial charge >= 0.3 is 5.97 Å². The number of hydrogen-bond acceptors (Lipinski definition) is 3. The minimum Gasteiger partial charge on any atom is -0.481 e. The van der Waals surface area contributed by atoms with Crippen molar-refractivity contribution in [3.63, 3.8) is 0 Å². The third kappa shape index (κ3) is 3.21. The van der Waals surface area contributed by atoms with Gasteiger partial charge in [0.2, 0.25) is 11.8 Å². The van der Waals surface area contributed by atoms with E-state index in [1.165, 1.54) is 11.9 Å². The summed E-state index contributed by atoms with van der Waals surface area (Å²) in [5.41, 5.74) is 0. The molecule has 0 aromatic heterocycles. The number of aliphatic carboxylic acids is 1. The van der Waals surface area contributed by atoms with Gasteiger partial charge in [-0.05, 0) is 19.8 Å². The molecule has 1 aliphatic rings. The summed E-state index contributed by atoms with van der Waals surface area (Å²) in [5.74, 6) is -2.45. The van der Waals surface area contributed by atoms with Gasteiger partial charge in [0.1, 0.15) is 0 Å². The highest BCUT2D eigenvalue weighted by Gasteiger charge is 2.39. The lowest BCUT2D eigenvalue weighted by Gasteiger charge is -2.25. The minimum absolute atomic E-state index is 0.00529. The van der Waals surface area contributed by atoms with Gasteiger partial charge in [-0.3, -0.25) is 14.4 Å². The van der Waals surface area contributed by atoms with Crippen molar-refractivity contribution in [2.24, 2.45) is 11.8 Å². The Bertz CT molecular complexity index is 343. The highest BCUT2D eigenvalue weighted by atomic mass is 16.4. The number of likely N-dealkylation sites (N-methyl/N-ethyl adjacent to an activating group) is 2. The van der Waals surface area contributed by atoms with Crippen molar-refractivity contribution in [3.8, 4) is 0 Å². The van der Waals surface area contributed by atoms with Crippen molar-refractivity contribution in [1.29, 1.82) is 0 Å². The molecule has 0 bridgehead atoms. The summed E-state index contributed by atoms with van der Waals surface area (Å²) in [5, 5.41) is 11.5. The molecule has 2 atom stereocenters. The number of rotatable bonds is 5. The number of hydrogen-bond donors (Lipinski definition) is 2. The van der Waals surface area contributed by atoms with Gasteiger partial charge in [-0.15, -0.1) is 0 Å². The molecule has 1 saturated carbocycles. The summed E-state index contributed by atoms with van der Waals surface area (Å²) in [6.07, 6.45) is 1.90. The Morgan fingerprint density at radius 2 is 1.89 bits per heavy atom. The fraction of sp³-hybridized carbons (Fsp3) is 0.750. The van der Waals surface area contributed by atoms with Crippen LogP contribution in [0.3, 0.4) is 0 Å². The number of carbonyl (C=O) groups is 3. The van der Waals surface area contributed by atoms with Crippen LogP contribution >= 0.6 is 0 Å². The normalized spacial score (nSPS) is 22.6. The van der Waals surface area contributed by atoms with Gasteiger partial charge in [0.05, 0.1) is 18.4 Å². The zero-order chi connectivity index (χ0) is 13.7. The lowest BCUT2D eigenvalue weighted by molar-refractivity contribution is -0.149. The van der Waals surface area contributed by atoms with Crippen molar-refractivity contribution >= 4 is 17.8 Å². The van der Waals surface area contributed by atoms with Gasteiger partial charge in [0.15, 0.2) is 0 Å². The molecule has 2 N–H and O–H groups in total. The quantitative estimate of drug-likeness (QED) is 0.729. The average molecular weight is 256 g/mol. The van der Waals surface area contributed by atoms with Crippen molar-refractivity contribution in [3.05, 3.63) is 0 Å². The van der Waals surface area contributed by atoms with Gasteiger partial charge in [-0.2, -0.15) is 0 Å². The van der Waals surface area contributed by atoms with Crippen LogP contribution in [-0.2, 0) is 14.4 Å². The molecule has 0 aromatic rings. The molecular weight excluding hydrogens is 236 g/mol. The average Bonchev–Trinajstić information content (AvgIpc) is 2.83. The number of amides is 2. The molecule has 0 heterocycles. The largest absolute Gasteiger partial charge is 0.481 e. The highest BCUT2D eigenvalue weighted by molar-refractivity contribution is 5.88. The Hall–Kier alpha value is -1.59. The molecule has 6 nitrogen and oxygen atoms in total. The Morgan fingerprint density at radius 3 is 2.39 bits per heavy atom. The van der Waals surface area contributed by atoms with Gasteiger partial charge in [0.25, 0.3) is 0 Å². The topological polar surface area (TPSA) is 86.7 Å². The zero-order valence-electron chi connectivity index (χ0n) is 10.8. The summed E-state index contributed by atoms with van der Waals surface area (Å²) in [6.45, 7) is 2.19. The second-order valence-corrected chi connectivity index (χ2v) is 4.51. The molecule has 102 valence electrons. The molecule has 2 amide bonds. The molecule has 0 radical (unpaired) electrons. The predicted molar refractivity (Wildman–Crippen MR) is 64.8 cm³/mol. The second-order valence-electron chi connectivity index (χ2n) is 4.51. The number of nitrogens with zero attached hydrogens (tertiary/aromatic N) is 1. The van der Waals surface area contributed by atoms with Crippen LogP contribution in [0.1, 0.15) is 26.2 Å². The summed E-state index contributed by atoms with van der Waals surface area (Å²) >= 11 is 0.